The average Bonchev–Trinajstić information content (AvgIpc) is 2.64. The first-order valence-electron chi connectivity index (χ1n) is 6.58. The second-order valence-corrected chi connectivity index (χ2v) is 5.59. The molecule has 1 amide bonds. The first-order chi connectivity index (χ1) is 7.94. The first-order valence-corrected chi connectivity index (χ1v) is 6.58. The van der Waals surface area contributed by atoms with Crippen LogP contribution in [0.4, 0.5) is 4.79 Å². The Labute approximate surface area is 105 Å². The fourth-order valence-electron chi connectivity index (χ4n) is 2.06. The lowest BCUT2D eigenvalue weighted by atomic mass is 10.1. The maximum atomic E-state index is 12.0. The predicted molar refractivity (Wildman–Crippen MR) is 70.0 cm³/mol. The fourth-order valence-corrected chi connectivity index (χ4v) is 2.06. The van der Waals surface area contributed by atoms with Crippen LogP contribution >= 0.6 is 0 Å². The summed E-state index contributed by atoms with van der Waals surface area (Å²) in [5, 5.41) is 0. The molecule has 1 fully saturated rings. The molecule has 0 aliphatic carbocycles. The average molecular weight is 239 g/mol. The van der Waals surface area contributed by atoms with E-state index in [0.717, 1.165) is 32.2 Å². The van der Waals surface area contributed by atoms with Crippen molar-refractivity contribution in [2.75, 3.05) is 6.54 Å². The molecule has 0 N–H and O–H groups in total. The van der Waals surface area contributed by atoms with Crippen molar-refractivity contribution < 1.29 is 9.53 Å². The molecular weight excluding hydrogens is 214 g/mol. The third-order valence-electron chi connectivity index (χ3n) is 2.82. The summed E-state index contributed by atoms with van der Waals surface area (Å²) in [4.78, 5) is 13.9. The van der Waals surface area contributed by atoms with Gasteiger partial charge in [0.2, 0.25) is 0 Å². The maximum Gasteiger partial charge on any atom is 0.410 e. The molecule has 0 bridgehead atoms. The summed E-state index contributed by atoms with van der Waals surface area (Å²) >= 11 is 0. The molecule has 0 aromatic carbocycles. The molecule has 1 rings (SSSR count). The Morgan fingerprint density at radius 2 is 2.12 bits per heavy atom. The van der Waals surface area contributed by atoms with E-state index in [1.165, 1.54) is 0 Å². The summed E-state index contributed by atoms with van der Waals surface area (Å²) in [6.45, 7) is 8.68. The SMILES string of the molecule is CC/C=C/CC1CCCN1C(=O)OC(C)(C)C. The van der Waals surface area contributed by atoms with E-state index in [0.29, 0.717) is 6.04 Å². The van der Waals surface area contributed by atoms with Crippen LogP contribution in [0.3, 0.4) is 0 Å². The number of allylic oxidation sites excluding steroid dienone is 1. The van der Waals surface area contributed by atoms with E-state index < -0.39 is 5.60 Å². The highest BCUT2D eigenvalue weighted by molar-refractivity contribution is 5.69. The number of carbonyl (C=O) groups is 1. The molecule has 98 valence electrons. The highest BCUT2D eigenvalue weighted by atomic mass is 16.6. The zero-order valence-corrected chi connectivity index (χ0v) is 11.5. The number of ether oxygens (including phenoxy) is 1. The molecule has 1 saturated heterocycles. The first kappa shape index (κ1) is 14.1. The second kappa shape index (κ2) is 6.08. The third-order valence-corrected chi connectivity index (χ3v) is 2.82. The van der Waals surface area contributed by atoms with Gasteiger partial charge in [0, 0.05) is 12.6 Å². The molecule has 3 nitrogen and oxygen atoms in total. The van der Waals surface area contributed by atoms with E-state index >= 15 is 0 Å². The van der Waals surface area contributed by atoms with Gasteiger partial charge in [0.05, 0.1) is 0 Å². The summed E-state index contributed by atoms with van der Waals surface area (Å²) in [5.41, 5.74) is -0.399. The smallest absolute Gasteiger partial charge is 0.410 e. The number of hydrogen-bond donors (Lipinski definition) is 0. The van der Waals surface area contributed by atoms with Crippen molar-refractivity contribution in [2.24, 2.45) is 0 Å². The Balaban J connectivity index is 2.51. The Hall–Kier alpha value is -0.990. The topological polar surface area (TPSA) is 29.5 Å². The molecule has 0 saturated carbocycles. The van der Waals surface area contributed by atoms with Gasteiger partial charge in [-0.2, -0.15) is 0 Å². The van der Waals surface area contributed by atoms with Crippen molar-refractivity contribution in [1.82, 2.24) is 4.90 Å². The van der Waals surface area contributed by atoms with Crippen LogP contribution in [0.25, 0.3) is 0 Å². The van der Waals surface area contributed by atoms with Crippen molar-refractivity contribution >= 4 is 6.09 Å². The van der Waals surface area contributed by atoms with Gasteiger partial charge in [-0.3, -0.25) is 0 Å². The number of carbonyl (C=O) groups excluding carboxylic acids is 1. The molecule has 1 aliphatic heterocycles. The molecule has 0 spiro atoms. The lowest BCUT2D eigenvalue weighted by molar-refractivity contribution is 0.0228. The Morgan fingerprint density at radius 1 is 1.41 bits per heavy atom. The lowest BCUT2D eigenvalue weighted by Gasteiger charge is -2.28. The largest absolute Gasteiger partial charge is 0.444 e. The number of likely N-dealkylation sites (tertiary alicyclic amines) is 1. The molecule has 0 aromatic rings. The van der Waals surface area contributed by atoms with Gasteiger partial charge in [-0.05, 0) is 46.5 Å². The monoisotopic (exact) mass is 239 g/mol. The molecule has 0 radical (unpaired) electrons. The van der Waals surface area contributed by atoms with Gasteiger partial charge in [-0.1, -0.05) is 19.1 Å². The van der Waals surface area contributed by atoms with E-state index in [1.807, 2.05) is 25.7 Å². The molecule has 1 aliphatic rings. The summed E-state index contributed by atoms with van der Waals surface area (Å²) in [6.07, 6.45) is 8.35. The third kappa shape index (κ3) is 4.80. The fraction of sp³-hybridized carbons (Fsp3) is 0.786. The van der Waals surface area contributed by atoms with E-state index in [1.54, 1.807) is 0 Å². The van der Waals surface area contributed by atoms with Crippen LogP contribution in [0.15, 0.2) is 12.2 Å². The molecule has 0 aromatic heterocycles. The van der Waals surface area contributed by atoms with Crippen LogP contribution in [-0.2, 0) is 4.74 Å². The van der Waals surface area contributed by atoms with Gasteiger partial charge in [-0.15, -0.1) is 0 Å². The van der Waals surface area contributed by atoms with E-state index in [9.17, 15) is 4.79 Å². The van der Waals surface area contributed by atoms with Crippen molar-refractivity contribution in [3.8, 4) is 0 Å². The second-order valence-electron chi connectivity index (χ2n) is 5.59. The molecule has 1 heterocycles. The zero-order valence-electron chi connectivity index (χ0n) is 11.5. The molecule has 1 atom stereocenters. The minimum atomic E-state index is -0.399. The van der Waals surface area contributed by atoms with Gasteiger partial charge in [0.15, 0.2) is 0 Å². The minimum absolute atomic E-state index is 0.162. The lowest BCUT2D eigenvalue weighted by Crippen LogP contribution is -2.39. The summed E-state index contributed by atoms with van der Waals surface area (Å²) in [6, 6.07) is 0.327. The number of amides is 1. The minimum Gasteiger partial charge on any atom is -0.444 e. The van der Waals surface area contributed by atoms with Crippen LogP contribution in [0.5, 0.6) is 0 Å². The summed E-state index contributed by atoms with van der Waals surface area (Å²) in [7, 11) is 0. The summed E-state index contributed by atoms with van der Waals surface area (Å²) in [5.74, 6) is 0. The molecule has 3 heteroatoms. The Bertz CT molecular complexity index is 278. The van der Waals surface area contributed by atoms with Gasteiger partial charge in [-0.25, -0.2) is 4.79 Å². The van der Waals surface area contributed by atoms with Gasteiger partial charge in [0.25, 0.3) is 0 Å². The Morgan fingerprint density at radius 3 is 2.71 bits per heavy atom. The van der Waals surface area contributed by atoms with E-state index in [4.69, 9.17) is 4.74 Å². The highest BCUT2D eigenvalue weighted by Crippen LogP contribution is 2.23. The van der Waals surface area contributed by atoms with Gasteiger partial charge >= 0.3 is 6.09 Å². The zero-order chi connectivity index (χ0) is 12.9. The standard InChI is InChI=1S/C14H25NO2/c1-5-6-7-9-12-10-8-11-15(12)13(16)17-14(2,3)4/h6-7,12H,5,8-11H2,1-4H3/b7-6+. The van der Waals surface area contributed by atoms with E-state index in [-0.39, 0.29) is 6.09 Å². The van der Waals surface area contributed by atoms with Crippen molar-refractivity contribution in [2.45, 2.75) is 65.0 Å². The van der Waals surface area contributed by atoms with Crippen LogP contribution in [-0.4, -0.2) is 29.2 Å². The molecule has 17 heavy (non-hydrogen) atoms. The molecular formula is C14H25NO2. The van der Waals surface area contributed by atoms with Crippen molar-refractivity contribution in [3.05, 3.63) is 12.2 Å². The van der Waals surface area contributed by atoms with Gasteiger partial charge < -0.3 is 9.64 Å². The van der Waals surface area contributed by atoms with Crippen molar-refractivity contribution in [1.29, 1.82) is 0 Å². The number of nitrogens with zero attached hydrogens (tertiary/aromatic N) is 1. The quantitative estimate of drug-likeness (QED) is 0.702. The maximum absolute atomic E-state index is 12.0. The van der Waals surface area contributed by atoms with Gasteiger partial charge in [0.1, 0.15) is 5.60 Å². The molecule has 1 unspecified atom stereocenters. The highest BCUT2D eigenvalue weighted by Gasteiger charge is 2.31. The number of rotatable bonds is 3. The normalized spacial score (nSPS) is 21.2. The predicted octanol–water partition coefficient (Wildman–Crippen LogP) is 3.74. The van der Waals surface area contributed by atoms with Crippen LogP contribution in [0.2, 0.25) is 0 Å². The van der Waals surface area contributed by atoms with Crippen LogP contribution in [0, 0.1) is 0 Å². The van der Waals surface area contributed by atoms with Crippen molar-refractivity contribution in [3.63, 3.8) is 0 Å². The van der Waals surface area contributed by atoms with E-state index in [2.05, 4.69) is 19.1 Å². The number of hydrogen-bond acceptors (Lipinski definition) is 2. The summed E-state index contributed by atoms with van der Waals surface area (Å²) < 4.78 is 5.42. The van der Waals surface area contributed by atoms with Crippen LogP contribution < -0.4 is 0 Å². The van der Waals surface area contributed by atoms with Crippen LogP contribution in [0.1, 0.15) is 53.4 Å². The Kier molecular flexibility index (Phi) is 5.03.